The first-order valence-corrected chi connectivity index (χ1v) is 5.51. The molecule has 0 N–H and O–H groups in total. The molecule has 1 aromatic heterocycles. The molecule has 0 aliphatic rings. The van der Waals surface area contributed by atoms with Crippen molar-refractivity contribution in [2.75, 3.05) is 7.11 Å². The summed E-state index contributed by atoms with van der Waals surface area (Å²) in [7, 11) is 1.35. The van der Waals surface area contributed by atoms with Gasteiger partial charge >= 0.3 is 5.97 Å². The Bertz CT molecular complexity index is 502. The van der Waals surface area contributed by atoms with Crippen LogP contribution in [-0.4, -0.2) is 13.1 Å². The first kappa shape index (κ1) is 10.8. The molecular formula is C12H9FO2S. The number of halogens is 1. The Morgan fingerprint density at radius 2 is 1.94 bits per heavy atom. The molecule has 0 aliphatic carbocycles. The van der Waals surface area contributed by atoms with Gasteiger partial charge in [0.25, 0.3) is 0 Å². The third-order valence-electron chi connectivity index (χ3n) is 2.16. The lowest BCUT2D eigenvalue weighted by atomic mass is 10.1. The zero-order valence-electron chi connectivity index (χ0n) is 8.57. The second-order valence-electron chi connectivity index (χ2n) is 3.20. The van der Waals surface area contributed by atoms with Gasteiger partial charge in [-0.2, -0.15) is 0 Å². The van der Waals surface area contributed by atoms with Crippen molar-refractivity contribution >= 4 is 17.3 Å². The Kier molecular flexibility index (Phi) is 3.01. The van der Waals surface area contributed by atoms with Gasteiger partial charge in [0, 0.05) is 0 Å². The van der Waals surface area contributed by atoms with E-state index in [4.69, 9.17) is 0 Å². The van der Waals surface area contributed by atoms with Crippen LogP contribution < -0.4 is 0 Å². The monoisotopic (exact) mass is 236 g/mol. The zero-order valence-corrected chi connectivity index (χ0v) is 9.38. The standard InChI is InChI=1S/C12H9FO2S/c1-15-12(14)11-6-9(7-16-11)8-2-4-10(13)5-3-8/h2-7H,1H3. The molecule has 2 aromatic rings. The van der Waals surface area contributed by atoms with Crippen molar-refractivity contribution in [3.05, 3.63) is 46.4 Å². The topological polar surface area (TPSA) is 26.3 Å². The molecule has 2 rings (SSSR count). The number of esters is 1. The minimum atomic E-state index is -0.349. The van der Waals surface area contributed by atoms with Crippen LogP contribution in [0, 0.1) is 5.82 Å². The third-order valence-corrected chi connectivity index (χ3v) is 3.07. The highest BCUT2D eigenvalue weighted by Crippen LogP contribution is 2.26. The zero-order chi connectivity index (χ0) is 11.5. The first-order valence-electron chi connectivity index (χ1n) is 4.63. The van der Waals surface area contributed by atoms with E-state index in [2.05, 4.69) is 4.74 Å². The Balaban J connectivity index is 2.31. The van der Waals surface area contributed by atoms with Crippen LogP contribution in [0.2, 0.25) is 0 Å². The van der Waals surface area contributed by atoms with Crippen LogP contribution in [0.25, 0.3) is 11.1 Å². The summed E-state index contributed by atoms with van der Waals surface area (Å²) in [6, 6.07) is 7.89. The maximum atomic E-state index is 12.7. The van der Waals surface area contributed by atoms with Crippen molar-refractivity contribution in [1.82, 2.24) is 0 Å². The predicted octanol–water partition coefficient (Wildman–Crippen LogP) is 3.34. The summed E-state index contributed by atoms with van der Waals surface area (Å²) in [6.07, 6.45) is 0. The average molecular weight is 236 g/mol. The van der Waals surface area contributed by atoms with Gasteiger partial charge in [0.05, 0.1) is 7.11 Å². The van der Waals surface area contributed by atoms with E-state index in [-0.39, 0.29) is 11.8 Å². The maximum Gasteiger partial charge on any atom is 0.348 e. The van der Waals surface area contributed by atoms with Crippen LogP contribution >= 0.6 is 11.3 Å². The van der Waals surface area contributed by atoms with E-state index < -0.39 is 0 Å². The van der Waals surface area contributed by atoms with Gasteiger partial charge in [-0.15, -0.1) is 11.3 Å². The summed E-state index contributed by atoms with van der Waals surface area (Å²) in [5.74, 6) is -0.620. The second kappa shape index (κ2) is 4.45. The van der Waals surface area contributed by atoms with E-state index in [1.807, 2.05) is 5.38 Å². The molecule has 0 fully saturated rings. The highest BCUT2D eigenvalue weighted by atomic mass is 32.1. The summed E-state index contributed by atoms with van der Waals surface area (Å²) in [6.45, 7) is 0. The Labute approximate surface area is 96.3 Å². The largest absolute Gasteiger partial charge is 0.465 e. The van der Waals surface area contributed by atoms with E-state index in [0.717, 1.165) is 11.1 Å². The fourth-order valence-electron chi connectivity index (χ4n) is 1.34. The summed E-state index contributed by atoms with van der Waals surface area (Å²) in [5, 5.41) is 1.85. The van der Waals surface area contributed by atoms with E-state index in [1.165, 1.54) is 30.6 Å². The smallest absolute Gasteiger partial charge is 0.348 e. The van der Waals surface area contributed by atoms with Gasteiger partial charge in [-0.25, -0.2) is 9.18 Å². The lowest BCUT2D eigenvalue weighted by molar-refractivity contribution is 0.0606. The van der Waals surface area contributed by atoms with Gasteiger partial charge in [0.2, 0.25) is 0 Å². The van der Waals surface area contributed by atoms with Crippen LogP contribution in [0.3, 0.4) is 0 Å². The molecular weight excluding hydrogens is 227 g/mol. The molecule has 4 heteroatoms. The molecule has 0 bridgehead atoms. The van der Waals surface area contributed by atoms with Crippen molar-refractivity contribution < 1.29 is 13.9 Å². The SMILES string of the molecule is COC(=O)c1cc(-c2ccc(F)cc2)cs1. The number of hydrogen-bond donors (Lipinski definition) is 0. The van der Waals surface area contributed by atoms with Crippen molar-refractivity contribution in [1.29, 1.82) is 0 Å². The molecule has 1 aromatic carbocycles. The second-order valence-corrected chi connectivity index (χ2v) is 4.11. The minimum absolute atomic E-state index is 0.271. The van der Waals surface area contributed by atoms with Gasteiger partial charge in [0.15, 0.2) is 0 Å². The number of benzene rings is 1. The number of ether oxygens (including phenoxy) is 1. The van der Waals surface area contributed by atoms with Gasteiger partial charge in [-0.05, 0) is 34.7 Å². The van der Waals surface area contributed by atoms with E-state index in [9.17, 15) is 9.18 Å². The number of methoxy groups -OCH3 is 1. The quantitative estimate of drug-likeness (QED) is 0.747. The van der Waals surface area contributed by atoms with Crippen LogP contribution in [0.4, 0.5) is 4.39 Å². The van der Waals surface area contributed by atoms with E-state index in [0.29, 0.717) is 4.88 Å². The van der Waals surface area contributed by atoms with Gasteiger partial charge in [-0.3, -0.25) is 0 Å². The summed E-state index contributed by atoms with van der Waals surface area (Å²) >= 11 is 1.31. The van der Waals surface area contributed by atoms with Crippen molar-refractivity contribution in [2.24, 2.45) is 0 Å². The fourth-order valence-corrected chi connectivity index (χ4v) is 2.17. The molecule has 0 spiro atoms. The molecule has 0 saturated heterocycles. The fraction of sp³-hybridized carbons (Fsp3) is 0.0833. The van der Waals surface area contributed by atoms with Crippen LogP contribution in [0.1, 0.15) is 9.67 Å². The summed E-state index contributed by atoms with van der Waals surface area (Å²) in [5.41, 5.74) is 1.78. The highest BCUT2D eigenvalue weighted by molar-refractivity contribution is 7.12. The van der Waals surface area contributed by atoms with Crippen LogP contribution in [0.5, 0.6) is 0 Å². The number of rotatable bonds is 2. The lowest BCUT2D eigenvalue weighted by Crippen LogP contribution is -1.96. The number of carbonyl (C=O) groups is 1. The van der Waals surface area contributed by atoms with Crippen molar-refractivity contribution in [3.8, 4) is 11.1 Å². The Hall–Kier alpha value is -1.68. The normalized spacial score (nSPS) is 10.1. The molecule has 0 radical (unpaired) electrons. The molecule has 0 amide bonds. The number of thiophene rings is 1. The van der Waals surface area contributed by atoms with Gasteiger partial charge in [0.1, 0.15) is 10.7 Å². The maximum absolute atomic E-state index is 12.7. The minimum Gasteiger partial charge on any atom is -0.465 e. The summed E-state index contributed by atoms with van der Waals surface area (Å²) < 4.78 is 17.3. The Morgan fingerprint density at radius 1 is 1.25 bits per heavy atom. The highest BCUT2D eigenvalue weighted by Gasteiger charge is 2.09. The van der Waals surface area contributed by atoms with Crippen molar-refractivity contribution in [2.45, 2.75) is 0 Å². The van der Waals surface area contributed by atoms with E-state index in [1.54, 1.807) is 18.2 Å². The van der Waals surface area contributed by atoms with Crippen molar-refractivity contribution in [3.63, 3.8) is 0 Å². The molecule has 2 nitrogen and oxygen atoms in total. The predicted molar refractivity (Wildman–Crippen MR) is 61.1 cm³/mol. The molecule has 0 aliphatic heterocycles. The van der Waals surface area contributed by atoms with Gasteiger partial charge in [-0.1, -0.05) is 12.1 Å². The average Bonchev–Trinajstić information content (AvgIpc) is 2.78. The molecule has 0 unspecified atom stereocenters. The first-order chi connectivity index (χ1) is 7.70. The van der Waals surface area contributed by atoms with Crippen LogP contribution in [-0.2, 0) is 4.74 Å². The summed E-state index contributed by atoms with van der Waals surface area (Å²) in [4.78, 5) is 11.8. The molecule has 0 atom stereocenters. The Morgan fingerprint density at radius 3 is 2.56 bits per heavy atom. The van der Waals surface area contributed by atoms with Gasteiger partial charge < -0.3 is 4.74 Å². The lowest BCUT2D eigenvalue weighted by Gasteiger charge is -1.96. The molecule has 1 heterocycles. The molecule has 0 saturated carbocycles. The van der Waals surface area contributed by atoms with Crippen LogP contribution in [0.15, 0.2) is 35.7 Å². The number of hydrogen-bond acceptors (Lipinski definition) is 3. The molecule has 16 heavy (non-hydrogen) atoms. The number of carbonyl (C=O) groups excluding carboxylic acids is 1. The van der Waals surface area contributed by atoms with E-state index >= 15 is 0 Å². The molecule has 82 valence electrons. The third kappa shape index (κ3) is 2.12.